The van der Waals surface area contributed by atoms with E-state index in [-0.39, 0.29) is 0 Å². The van der Waals surface area contributed by atoms with Crippen LogP contribution in [-0.2, 0) is 6.54 Å². The molecule has 86 valence electrons. The fourth-order valence-corrected chi connectivity index (χ4v) is 1.62. The SMILES string of the molecule is CCn1ccnc1NC(CCN)C(C)C. The first kappa shape index (κ1) is 12.0. The molecule has 3 N–H and O–H groups in total. The summed E-state index contributed by atoms with van der Waals surface area (Å²) in [5.74, 6) is 1.51. The zero-order valence-electron chi connectivity index (χ0n) is 9.90. The maximum absolute atomic E-state index is 5.60. The number of hydrogen-bond donors (Lipinski definition) is 2. The lowest BCUT2D eigenvalue weighted by molar-refractivity contribution is 0.493. The second-order valence-electron chi connectivity index (χ2n) is 4.11. The molecule has 0 spiro atoms. The average molecular weight is 210 g/mol. The van der Waals surface area contributed by atoms with E-state index in [2.05, 4.69) is 35.6 Å². The van der Waals surface area contributed by atoms with Gasteiger partial charge in [-0.05, 0) is 25.8 Å². The molecule has 1 atom stereocenters. The van der Waals surface area contributed by atoms with Crippen molar-refractivity contribution in [3.8, 4) is 0 Å². The van der Waals surface area contributed by atoms with Crippen LogP contribution >= 0.6 is 0 Å². The Bertz CT molecular complexity index is 280. The monoisotopic (exact) mass is 210 g/mol. The first-order chi connectivity index (χ1) is 7.19. The molecule has 4 heteroatoms. The molecule has 1 aromatic rings. The number of nitrogens with zero attached hydrogens (tertiary/aromatic N) is 2. The van der Waals surface area contributed by atoms with Crippen molar-refractivity contribution in [1.29, 1.82) is 0 Å². The Kier molecular flexibility index (Phi) is 4.62. The third-order valence-corrected chi connectivity index (χ3v) is 2.65. The van der Waals surface area contributed by atoms with E-state index in [1.165, 1.54) is 0 Å². The maximum Gasteiger partial charge on any atom is 0.202 e. The van der Waals surface area contributed by atoms with Crippen molar-refractivity contribution in [2.75, 3.05) is 11.9 Å². The fraction of sp³-hybridized carbons (Fsp3) is 0.727. The summed E-state index contributed by atoms with van der Waals surface area (Å²) in [6.45, 7) is 8.16. The van der Waals surface area contributed by atoms with Crippen LogP contribution in [0.2, 0.25) is 0 Å². The van der Waals surface area contributed by atoms with E-state index in [9.17, 15) is 0 Å². The summed E-state index contributed by atoms with van der Waals surface area (Å²) in [6, 6.07) is 0.405. The molecule has 0 amide bonds. The minimum Gasteiger partial charge on any atom is -0.353 e. The molecule has 1 heterocycles. The van der Waals surface area contributed by atoms with Gasteiger partial charge in [0.1, 0.15) is 0 Å². The second-order valence-corrected chi connectivity index (χ2v) is 4.11. The molecule has 15 heavy (non-hydrogen) atoms. The van der Waals surface area contributed by atoms with Gasteiger partial charge in [-0.25, -0.2) is 4.98 Å². The zero-order chi connectivity index (χ0) is 11.3. The summed E-state index contributed by atoms with van der Waals surface area (Å²) >= 11 is 0. The topological polar surface area (TPSA) is 55.9 Å². The van der Waals surface area contributed by atoms with Crippen LogP contribution < -0.4 is 11.1 Å². The molecule has 0 bridgehead atoms. The molecule has 0 saturated heterocycles. The average Bonchev–Trinajstić information content (AvgIpc) is 2.64. The predicted molar refractivity (Wildman–Crippen MR) is 63.8 cm³/mol. The highest BCUT2D eigenvalue weighted by Gasteiger charge is 2.14. The summed E-state index contributed by atoms with van der Waals surface area (Å²) < 4.78 is 2.10. The summed E-state index contributed by atoms with van der Waals surface area (Å²) in [5.41, 5.74) is 5.60. The smallest absolute Gasteiger partial charge is 0.202 e. The van der Waals surface area contributed by atoms with E-state index in [1.807, 2.05) is 12.4 Å². The molecule has 0 radical (unpaired) electrons. The number of imidazole rings is 1. The van der Waals surface area contributed by atoms with Crippen molar-refractivity contribution in [3.05, 3.63) is 12.4 Å². The van der Waals surface area contributed by atoms with Gasteiger partial charge in [0.15, 0.2) is 0 Å². The minimum absolute atomic E-state index is 0.405. The normalized spacial score (nSPS) is 13.1. The standard InChI is InChI=1S/C11H22N4/c1-4-15-8-7-13-11(15)14-10(5-6-12)9(2)3/h7-10H,4-6,12H2,1-3H3,(H,13,14). The number of aromatic nitrogens is 2. The molecule has 0 fully saturated rings. The Morgan fingerprint density at radius 1 is 1.53 bits per heavy atom. The van der Waals surface area contributed by atoms with Crippen LogP contribution in [-0.4, -0.2) is 22.1 Å². The van der Waals surface area contributed by atoms with E-state index in [1.54, 1.807) is 0 Å². The summed E-state index contributed by atoms with van der Waals surface area (Å²) in [6.07, 6.45) is 4.79. The molecule has 1 aromatic heterocycles. The highest BCUT2D eigenvalue weighted by Crippen LogP contribution is 2.13. The Morgan fingerprint density at radius 3 is 2.80 bits per heavy atom. The van der Waals surface area contributed by atoms with Gasteiger partial charge in [0.25, 0.3) is 0 Å². The van der Waals surface area contributed by atoms with Crippen LogP contribution in [0, 0.1) is 5.92 Å². The van der Waals surface area contributed by atoms with E-state index < -0.39 is 0 Å². The van der Waals surface area contributed by atoms with Gasteiger partial charge >= 0.3 is 0 Å². The van der Waals surface area contributed by atoms with Gasteiger partial charge in [-0.1, -0.05) is 13.8 Å². The quantitative estimate of drug-likeness (QED) is 0.751. The zero-order valence-corrected chi connectivity index (χ0v) is 9.90. The van der Waals surface area contributed by atoms with Gasteiger partial charge in [0, 0.05) is 25.0 Å². The largest absolute Gasteiger partial charge is 0.353 e. The number of hydrogen-bond acceptors (Lipinski definition) is 3. The van der Waals surface area contributed by atoms with Crippen LogP contribution in [0.3, 0.4) is 0 Å². The van der Waals surface area contributed by atoms with Gasteiger partial charge in [0.05, 0.1) is 0 Å². The second kappa shape index (κ2) is 5.75. The molecule has 0 aromatic carbocycles. The molecule has 1 unspecified atom stereocenters. The van der Waals surface area contributed by atoms with Crippen molar-refractivity contribution < 1.29 is 0 Å². The minimum atomic E-state index is 0.405. The van der Waals surface area contributed by atoms with E-state index in [4.69, 9.17) is 5.73 Å². The lowest BCUT2D eigenvalue weighted by Gasteiger charge is -2.22. The lowest BCUT2D eigenvalue weighted by atomic mass is 10.0. The van der Waals surface area contributed by atoms with Crippen LogP contribution in [0.25, 0.3) is 0 Å². The van der Waals surface area contributed by atoms with Gasteiger partial charge in [0.2, 0.25) is 5.95 Å². The van der Waals surface area contributed by atoms with Crippen molar-refractivity contribution in [2.45, 2.75) is 39.8 Å². The molecule has 0 saturated carbocycles. The summed E-state index contributed by atoms with van der Waals surface area (Å²) in [4.78, 5) is 4.30. The summed E-state index contributed by atoms with van der Waals surface area (Å²) in [5, 5.41) is 3.45. The number of nitrogens with two attached hydrogens (primary N) is 1. The van der Waals surface area contributed by atoms with Crippen molar-refractivity contribution in [3.63, 3.8) is 0 Å². The maximum atomic E-state index is 5.60. The van der Waals surface area contributed by atoms with E-state index in [0.717, 1.165) is 18.9 Å². The molecule has 1 rings (SSSR count). The van der Waals surface area contributed by atoms with Gasteiger partial charge in [-0.15, -0.1) is 0 Å². The Labute approximate surface area is 91.9 Å². The van der Waals surface area contributed by atoms with Crippen molar-refractivity contribution in [2.24, 2.45) is 11.7 Å². The molecular weight excluding hydrogens is 188 g/mol. The van der Waals surface area contributed by atoms with Gasteiger partial charge in [-0.2, -0.15) is 0 Å². The lowest BCUT2D eigenvalue weighted by Crippen LogP contribution is -2.29. The highest BCUT2D eigenvalue weighted by atomic mass is 15.2. The van der Waals surface area contributed by atoms with Crippen LogP contribution in [0.15, 0.2) is 12.4 Å². The van der Waals surface area contributed by atoms with Crippen molar-refractivity contribution in [1.82, 2.24) is 9.55 Å². The third-order valence-electron chi connectivity index (χ3n) is 2.65. The first-order valence-electron chi connectivity index (χ1n) is 5.66. The third kappa shape index (κ3) is 3.23. The summed E-state index contributed by atoms with van der Waals surface area (Å²) in [7, 11) is 0. The van der Waals surface area contributed by atoms with Crippen molar-refractivity contribution >= 4 is 5.95 Å². The first-order valence-corrected chi connectivity index (χ1v) is 5.66. The van der Waals surface area contributed by atoms with E-state index >= 15 is 0 Å². The molecule has 0 aliphatic heterocycles. The van der Waals surface area contributed by atoms with E-state index in [0.29, 0.717) is 18.5 Å². The molecule has 0 aliphatic rings. The van der Waals surface area contributed by atoms with Crippen LogP contribution in [0.5, 0.6) is 0 Å². The predicted octanol–water partition coefficient (Wildman–Crippen LogP) is 1.69. The van der Waals surface area contributed by atoms with Crippen LogP contribution in [0.4, 0.5) is 5.95 Å². The highest BCUT2D eigenvalue weighted by molar-refractivity contribution is 5.27. The molecule has 0 aliphatic carbocycles. The fourth-order valence-electron chi connectivity index (χ4n) is 1.62. The van der Waals surface area contributed by atoms with Gasteiger partial charge < -0.3 is 15.6 Å². The van der Waals surface area contributed by atoms with Gasteiger partial charge in [-0.3, -0.25) is 0 Å². The van der Waals surface area contributed by atoms with Crippen LogP contribution in [0.1, 0.15) is 27.2 Å². The Balaban J connectivity index is 2.65. The molecule has 4 nitrogen and oxygen atoms in total. The Morgan fingerprint density at radius 2 is 2.27 bits per heavy atom. The number of aryl methyl sites for hydroxylation is 1. The number of anilines is 1. The number of nitrogens with one attached hydrogen (secondary N) is 1. The molecular formula is C11H22N4. The number of rotatable bonds is 6. The Hall–Kier alpha value is -1.03.